The van der Waals surface area contributed by atoms with Crippen molar-refractivity contribution in [2.75, 3.05) is 5.32 Å². The van der Waals surface area contributed by atoms with Crippen LogP contribution < -0.4 is 15.8 Å². The number of nitrogens with two attached hydrogens (primary N) is 1. The zero-order chi connectivity index (χ0) is 18.6. The number of hydrogen-bond acceptors (Lipinski definition) is 3. The molecule has 0 unspecified atom stereocenters. The number of aromatic nitrogens is 2. The van der Waals surface area contributed by atoms with E-state index in [1.165, 1.54) is 37.1 Å². The van der Waals surface area contributed by atoms with Gasteiger partial charge in [0.05, 0.1) is 18.3 Å². The topological polar surface area (TPSA) is 77.5 Å². The Balaban J connectivity index is 0.00000261. The van der Waals surface area contributed by atoms with Crippen molar-refractivity contribution in [1.29, 1.82) is 0 Å². The first kappa shape index (κ1) is 21.3. The van der Waals surface area contributed by atoms with E-state index in [4.69, 9.17) is 5.73 Å². The molecule has 1 saturated carbocycles. The maximum absolute atomic E-state index is 12.1. The second kappa shape index (κ2) is 9.29. The van der Waals surface area contributed by atoms with Crippen LogP contribution in [0, 0.1) is 0 Å². The fraction of sp³-hybridized carbons (Fsp3) is 0.412. The summed E-state index contributed by atoms with van der Waals surface area (Å²) >= 11 is 0. The third-order valence-corrected chi connectivity index (χ3v) is 4.13. The normalized spacial score (nSPS) is 15.4. The number of alkyl halides is 3. The monoisotopic (exact) mass is 495 g/mol. The first-order chi connectivity index (χ1) is 12.4. The van der Waals surface area contributed by atoms with Crippen molar-refractivity contribution >= 4 is 35.6 Å². The molecule has 3 rings (SSSR count). The Labute approximate surface area is 172 Å². The van der Waals surface area contributed by atoms with Gasteiger partial charge < -0.3 is 15.8 Å². The number of nitrogens with one attached hydrogen (secondary N) is 1. The summed E-state index contributed by atoms with van der Waals surface area (Å²) in [5.41, 5.74) is 7.14. The standard InChI is InChI=1S/C17H20F3N5O.HI/c18-17(19,20)26-15-7-5-12(6-8-15)23-16(21)22-11-13-9-10-25(24-13)14-3-1-2-4-14;/h5-10,14H,1-4,11H2,(H3,21,22,23);1H. The second-order valence-corrected chi connectivity index (χ2v) is 6.12. The number of halogens is 4. The Kier molecular flexibility index (Phi) is 7.33. The van der Waals surface area contributed by atoms with Gasteiger partial charge in [-0.3, -0.25) is 4.68 Å². The summed E-state index contributed by atoms with van der Waals surface area (Å²) in [6.45, 7) is 0.327. The molecule has 0 atom stereocenters. The van der Waals surface area contributed by atoms with Crippen LogP contribution in [0.5, 0.6) is 5.75 Å². The highest BCUT2D eigenvalue weighted by molar-refractivity contribution is 14.0. The van der Waals surface area contributed by atoms with Crippen LogP contribution in [0.15, 0.2) is 41.5 Å². The van der Waals surface area contributed by atoms with E-state index in [0.717, 1.165) is 18.5 Å². The molecule has 0 bridgehead atoms. The fourth-order valence-corrected chi connectivity index (χ4v) is 2.93. The van der Waals surface area contributed by atoms with Crippen LogP contribution in [0.4, 0.5) is 18.9 Å². The van der Waals surface area contributed by atoms with Crippen LogP contribution in [-0.4, -0.2) is 22.1 Å². The molecule has 1 aromatic carbocycles. The molecule has 0 saturated heterocycles. The fourth-order valence-electron chi connectivity index (χ4n) is 2.93. The molecular weight excluding hydrogens is 474 g/mol. The lowest BCUT2D eigenvalue weighted by Crippen LogP contribution is -2.22. The van der Waals surface area contributed by atoms with Crippen molar-refractivity contribution in [3.05, 3.63) is 42.2 Å². The van der Waals surface area contributed by atoms with Crippen LogP contribution in [0.3, 0.4) is 0 Å². The Hall–Kier alpha value is -1.98. The summed E-state index contributed by atoms with van der Waals surface area (Å²) in [6.07, 6.45) is 2.04. The van der Waals surface area contributed by atoms with E-state index >= 15 is 0 Å². The van der Waals surface area contributed by atoms with Crippen LogP contribution >= 0.6 is 24.0 Å². The summed E-state index contributed by atoms with van der Waals surface area (Å²) in [5.74, 6) is -0.138. The van der Waals surface area contributed by atoms with Gasteiger partial charge in [-0.1, -0.05) is 12.8 Å². The number of guanidine groups is 1. The number of rotatable bonds is 5. The van der Waals surface area contributed by atoms with Gasteiger partial charge in [-0.15, -0.1) is 37.1 Å². The molecule has 148 valence electrons. The van der Waals surface area contributed by atoms with Gasteiger partial charge in [0, 0.05) is 11.9 Å². The predicted molar refractivity (Wildman–Crippen MR) is 107 cm³/mol. The predicted octanol–water partition coefficient (Wildman–Crippen LogP) is 4.44. The average molecular weight is 495 g/mol. The minimum absolute atomic E-state index is 0. The van der Waals surface area contributed by atoms with E-state index in [2.05, 4.69) is 20.1 Å². The van der Waals surface area contributed by atoms with Gasteiger partial charge in [-0.05, 0) is 43.2 Å². The molecule has 6 nitrogen and oxygen atoms in total. The zero-order valence-electron chi connectivity index (χ0n) is 14.4. The summed E-state index contributed by atoms with van der Waals surface area (Å²) in [5, 5.41) is 7.34. The first-order valence-corrected chi connectivity index (χ1v) is 8.36. The van der Waals surface area contributed by atoms with Gasteiger partial charge >= 0.3 is 6.36 Å². The Morgan fingerprint density at radius 3 is 2.52 bits per heavy atom. The average Bonchev–Trinajstić information content (AvgIpc) is 3.24. The Morgan fingerprint density at radius 1 is 1.22 bits per heavy atom. The maximum Gasteiger partial charge on any atom is 0.573 e. The van der Waals surface area contributed by atoms with Crippen molar-refractivity contribution in [3.63, 3.8) is 0 Å². The summed E-state index contributed by atoms with van der Waals surface area (Å²) in [4.78, 5) is 4.21. The van der Waals surface area contributed by atoms with Gasteiger partial charge in [-0.2, -0.15) is 5.10 Å². The van der Waals surface area contributed by atoms with Gasteiger partial charge in [0.1, 0.15) is 5.75 Å². The number of hydrogen-bond donors (Lipinski definition) is 2. The molecule has 1 aromatic heterocycles. The van der Waals surface area contributed by atoms with E-state index < -0.39 is 6.36 Å². The molecular formula is C17H21F3IN5O. The molecule has 0 radical (unpaired) electrons. The third-order valence-electron chi connectivity index (χ3n) is 4.13. The highest BCUT2D eigenvalue weighted by Gasteiger charge is 2.30. The Morgan fingerprint density at radius 2 is 1.89 bits per heavy atom. The molecule has 3 N–H and O–H groups in total. The SMILES string of the molecule is I.NC(=NCc1ccn(C2CCCC2)n1)Nc1ccc(OC(F)(F)F)cc1. The molecule has 0 aliphatic heterocycles. The zero-order valence-corrected chi connectivity index (χ0v) is 16.8. The molecule has 1 aliphatic carbocycles. The summed E-state index contributed by atoms with van der Waals surface area (Å²) in [6, 6.07) is 7.65. The molecule has 27 heavy (non-hydrogen) atoms. The molecule has 2 aromatic rings. The van der Waals surface area contributed by atoms with E-state index in [1.54, 1.807) is 0 Å². The van der Waals surface area contributed by atoms with Crippen LogP contribution in [0.2, 0.25) is 0 Å². The lowest BCUT2D eigenvalue weighted by molar-refractivity contribution is -0.274. The first-order valence-electron chi connectivity index (χ1n) is 8.36. The smallest absolute Gasteiger partial charge is 0.406 e. The van der Waals surface area contributed by atoms with Crippen LogP contribution in [0.25, 0.3) is 0 Å². The molecule has 10 heteroatoms. The largest absolute Gasteiger partial charge is 0.573 e. The number of anilines is 1. The number of ether oxygens (including phenoxy) is 1. The van der Waals surface area contributed by atoms with Crippen molar-refractivity contribution in [3.8, 4) is 5.75 Å². The Bertz CT molecular complexity index is 755. The van der Waals surface area contributed by atoms with Crippen LogP contribution in [0.1, 0.15) is 37.4 Å². The van der Waals surface area contributed by atoms with Crippen molar-refractivity contribution < 1.29 is 17.9 Å². The van der Waals surface area contributed by atoms with Gasteiger partial charge in [0.25, 0.3) is 0 Å². The van der Waals surface area contributed by atoms with E-state index in [1.807, 2.05) is 16.9 Å². The second-order valence-electron chi connectivity index (χ2n) is 6.12. The molecule has 1 heterocycles. The van der Waals surface area contributed by atoms with E-state index in [0.29, 0.717) is 18.3 Å². The van der Waals surface area contributed by atoms with E-state index in [9.17, 15) is 13.2 Å². The lowest BCUT2D eigenvalue weighted by atomic mass is 10.3. The van der Waals surface area contributed by atoms with Gasteiger partial charge in [0.15, 0.2) is 5.96 Å². The van der Waals surface area contributed by atoms with Gasteiger partial charge in [0.2, 0.25) is 0 Å². The minimum atomic E-state index is -4.71. The number of benzene rings is 1. The van der Waals surface area contributed by atoms with Gasteiger partial charge in [-0.25, -0.2) is 4.99 Å². The summed E-state index contributed by atoms with van der Waals surface area (Å²) < 4.78 is 42.2. The highest BCUT2D eigenvalue weighted by Crippen LogP contribution is 2.28. The minimum Gasteiger partial charge on any atom is -0.406 e. The molecule has 0 amide bonds. The lowest BCUT2D eigenvalue weighted by Gasteiger charge is -2.10. The summed E-state index contributed by atoms with van der Waals surface area (Å²) in [7, 11) is 0. The van der Waals surface area contributed by atoms with Crippen molar-refractivity contribution in [1.82, 2.24) is 9.78 Å². The maximum atomic E-state index is 12.1. The highest BCUT2D eigenvalue weighted by atomic mass is 127. The number of nitrogens with zero attached hydrogens (tertiary/aromatic N) is 3. The molecule has 1 aliphatic rings. The molecule has 0 spiro atoms. The van der Waals surface area contributed by atoms with Crippen LogP contribution in [-0.2, 0) is 6.54 Å². The van der Waals surface area contributed by atoms with E-state index in [-0.39, 0.29) is 35.7 Å². The quantitative estimate of drug-likeness (QED) is 0.366. The van der Waals surface area contributed by atoms with Crippen molar-refractivity contribution in [2.45, 2.75) is 44.6 Å². The third kappa shape index (κ3) is 6.60. The number of aliphatic imine (C=N–C) groups is 1. The van der Waals surface area contributed by atoms with Crippen molar-refractivity contribution in [2.24, 2.45) is 10.7 Å². The molecule has 1 fully saturated rings.